The molecule has 0 fully saturated rings. The number of hydrogen-bond donors (Lipinski definition) is 0. The molecule has 0 aliphatic heterocycles. The fraction of sp³-hybridized carbons (Fsp3) is 0.438. The number of benzene rings is 1. The van der Waals surface area contributed by atoms with E-state index in [4.69, 9.17) is 4.74 Å². The monoisotopic (exact) mass is 246 g/mol. The highest BCUT2D eigenvalue weighted by atomic mass is 16.5. The Morgan fingerprint density at radius 2 is 1.94 bits per heavy atom. The van der Waals surface area contributed by atoms with E-state index in [1.165, 1.54) is 5.56 Å². The van der Waals surface area contributed by atoms with Crippen molar-refractivity contribution >= 4 is 5.97 Å². The fourth-order valence-corrected chi connectivity index (χ4v) is 2.08. The smallest absolute Gasteiger partial charge is 0.309 e. The number of hydrogen-bond acceptors (Lipinski definition) is 2. The number of esters is 1. The molecule has 0 radical (unpaired) electrons. The molecular formula is C16H22O2. The van der Waals surface area contributed by atoms with E-state index < -0.39 is 0 Å². The van der Waals surface area contributed by atoms with Crippen molar-refractivity contribution in [3.63, 3.8) is 0 Å². The maximum Gasteiger partial charge on any atom is 0.309 e. The summed E-state index contributed by atoms with van der Waals surface area (Å²) in [6.07, 6.45) is 0.830. The largest absolute Gasteiger partial charge is 0.466 e. The van der Waals surface area contributed by atoms with Gasteiger partial charge in [-0.2, -0.15) is 0 Å². The van der Waals surface area contributed by atoms with Crippen LogP contribution in [0.3, 0.4) is 0 Å². The summed E-state index contributed by atoms with van der Waals surface area (Å²) in [5.41, 5.74) is 2.25. The molecule has 0 spiro atoms. The van der Waals surface area contributed by atoms with Crippen LogP contribution in [0.1, 0.15) is 26.3 Å². The molecule has 0 amide bonds. The minimum Gasteiger partial charge on any atom is -0.466 e. The maximum atomic E-state index is 11.8. The van der Waals surface area contributed by atoms with E-state index in [0.717, 1.165) is 12.0 Å². The molecule has 0 bridgehead atoms. The molecule has 0 aromatic heterocycles. The zero-order valence-electron chi connectivity index (χ0n) is 11.5. The summed E-state index contributed by atoms with van der Waals surface area (Å²) in [6.45, 7) is 10.2. The van der Waals surface area contributed by atoms with E-state index in [1.54, 1.807) is 0 Å². The molecule has 0 aliphatic rings. The summed E-state index contributed by atoms with van der Waals surface area (Å²) in [5.74, 6) is -0.157. The minimum atomic E-state index is -0.150. The number of rotatable bonds is 6. The van der Waals surface area contributed by atoms with E-state index in [1.807, 2.05) is 39.0 Å². The fourth-order valence-electron chi connectivity index (χ4n) is 2.08. The lowest BCUT2D eigenvalue weighted by Crippen LogP contribution is -2.25. The maximum absolute atomic E-state index is 11.8. The van der Waals surface area contributed by atoms with Gasteiger partial charge in [0.15, 0.2) is 0 Å². The van der Waals surface area contributed by atoms with Gasteiger partial charge in [-0.3, -0.25) is 4.79 Å². The van der Waals surface area contributed by atoms with Crippen LogP contribution < -0.4 is 0 Å². The molecule has 0 N–H and O–H groups in total. The molecule has 1 aromatic carbocycles. The molecule has 98 valence electrons. The van der Waals surface area contributed by atoms with Crippen molar-refractivity contribution in [1.29, 1.82) is 0 Å². The molecular weight excluding hydrogens is 224 g/mol. The van der Waals surface area contributed by atoms with Crippen molar-refractivity contribution in [3.8, 4) is 0 Å². The van der Waals surface area contributed by atoms with Crippen LogP contribution >= 0.6 is 0 Å². The first-order valence-corrected chi connectivity index (χ1v) is 6.42. The van der Waals surface area contributed by atoms with Gasteiger partial charge >= 0.3 is 5.97 Å². The molecule has 0 aliphatic carbocycles. The quantitative estimate of drug-likeness (QED) is 0.566. The van der Waals surface area contributed by atoms with E-state index in [-0.39, 0.29) is 17.8 Å². The van der Waals surface area contributed by atoms with Gasteiger partial charge in [-0.15, -0.1) is 0 Å². The Kier molecular flexibility index (Phi) is 5.63. The van der Waals surface area contributed by atoms with E-state index in [9.17, 15) is 4.79 Å². The van der Waals surface area contributed by atoms with E-state index in [0.29, 0.717) is 6.61 Å². The number of ether oxygens (including phenoxy) is 1. The van der Waals surface area contributed by atoms with Crippen molar-refractivity contribution < 1.29 is 9.53 Å². The van der Waals surface area contributed by atoms with Crippen LogP contribution in [0.15, 0.2) is 42.5 Å². The number of allylic oxidation sites excluding steroid dienone is 1. The van der Waals surface area contributed by atoms with Crippen molar-refractivity contribution in [2.24, 2.45) is 11.8 Å². The lowest BCUT2D eigenvalue weighted by atomic mass is 9.83. The number of carbonyl (C=O) groups is 1. The molecule has 0 saturated heterocycles. The van der Waals surface area contributed by atoms with Gasteiger partial charge < -0.3 is 4.74 Å². The van der Waals surface area contributed by atoms with Crippen LogP contribution in [-0.4, -0.2) is 12.6 Å². The minimum absolute atomic E-state index is 0.131. The standard InChI is InChI=1S/C16H22O2/c1-5-18-16(17)13(4)15(12(2)3)11-14-9-7-6-8-10-14/h6-10,13,15H,2,5,11H2,1,3-4H3/t13-,15-/m0/s1. The Hall–Kier alpha value is -1.57. The second-order valence-corrected chi connectivity index (χ2v) is 4.68. The van der Waals surface area contributed by atoms with Crippen LogP contribution in [0.4, 0.5) is 0 Å². The predicted octanol–water partition coefficient (Wildman–Crippen LogP) is 3.62. The van der Waals surface area contributed by atoms with Gasteiger partial charge in [-0.05, 0) is 31.7 Å². The highest BCUT2D eigenvalue weighted by Gasteiger charge is 2.25. The van der Waals surface area contributed by atoms with Crippen LogP contribution in [0.25, 0.3) is 0 Å². The highest BCUT2D eigenvalue weighted by Crippen LogP contribution is 2.25. The second kappa shape index (κ2) is 7.00. The Labute approximate surface area is 110 Å². The molecule has 1 aromatic rings. The van der Waals surface area contributed by atoms with Gasteiger partial charge in [0.2, 0.25) is 0 Å². The van der Waals surface area contributed by atoms with Crippen molar-refractivity contribution in [3.05, 3.63) is 48.0 Å². The molecule has 2 nitrogen and oxygen atoms in total. The first-order valence-electron chi connectivity index (χ1n) is 6.42. The predicted molar refractivity (Wildman–Crippen MR) is 74.2 cm³/mol. The molecule has 0 heterocycles. The summed E-state index contributed by atoms with van der Waals surface area (Å²) in [5, 5.41) is 0. The lowest BCUT2D eigenvalue weighted by molar-refractivity contribution is -0.148. The first kappa shape index (κ1) is 14.5. The van der Waals surface area contributed by atoms with Crippen molar-refractivity contribution in [2.75, 3.05) is 6.61 Å². The molecule has 2 heteroatoms. The third kappa shape index (κ3) is 4.02. The molecule has 0 unspecified atom stereocenters. The van der Waals surface area contributed by atoms with Gasteiger partial charge in [0, 0.05) is 0 Å². The molecule has 1 rings (SSSR count). The first-order chi connectivity index (χ1) is 8.56. The van der Waals surface area contributed by atoms with Gasteiger partial charge in [-0.1, -0.05) is 49.4 Å². The topological polar surface area (TPSA) is 26.3 Å². The summed E-state index contributed by atoms with van der Waals surface area (Å²) < 4.78 is 5.09. The third-order valence-electron chi connectivity index (χ3n) is 3.19. The highest BCUT2D eigenvalue weighted by molar-refractivity contribution is 5.72. The normalized spacial score (nSPS) is 13.7. The average Bonchev–Trinajstić information content (AvgIpc) is 2.36. The Morgan fingerprint density at radius 3 is 2.44 bits per heavy atom. The van der Waals surface area contributed by atoms with Gasteiger partial charge in [0.25, 0.3) is 0 Å². The van der Waals surface area contributed by atoms with Crippen LogP contribution in [0.2, 0.25) is 0 Å². The summed E-state index contributed by atoms with van der Waals surface area (Å²) in [7, 11) is 0. The molecule has 0 saturated carbocycles. The summed E-state index contributed by atoms with van der Waals surface area (Å²) in [6, 6.07) is 10.2. The summed E-state index contributed by atoms with van der Waals surface area (Å²) in [4.78, 5) is 11.8. The van der Waals surface area contributed by atoms with E-state index >= 15 is 0 Å². The van der Waals surface area contributed by atoms with Crippen LogP contribution in [-0.2, 0) is 16.0 Å². The molecule has 2 atom stereocenters. The third-order valence-corrected chi connectivity index (χ3v) is 3.19. The van der Waals surface area contributed by atoms with Gasteiger partial charge in [0.05, 0.1) is 12.5 Å². The van der Waals surface area contributed by atoms with Crippen LogP contribution in [0.5, 0.6) is 0 Å². The van der Waals surface area contributed by atoms with Gasteiger partial charge in [-0.25, -0.2) is 0 Å². The Balaban J connectivity index is 2.77. The number of carbonyl (C=O) groups excluding carboxylic acids is 1. The van der Waals surface area contributed by atoms with Crippen molar-refractivity contribution in [1.82, 2.24) is 0 Å². The average molecular weight is 246 g/mol. The van der Waals surface area contributed by atoms with Crippen molar-refractivity contribution in [2.45, 2.75) is 27.2 Å². The zero-order chi connectivity index (χ0) is 13.5. The molecule has 18 heavy (non-hydrogen) atoms. The SMILES string of the molecule is C=C(C)[C@H](Cc1ccccc1)[C@H](C)C(=O)OCC. The van der Waals surface area contributed by atoms with E-state index in [2.05, 4.69) is 18.7 Å². The van der Waals surface area contributed by atoms with Crippen LogP contribution in [0, 0.1) is 11.8 Å². The Morgan fingerprint density at radius 1 is 1.33 bits per heavy atom. The zero-order valence-corrected chi connectivity index (χ0v) is 11.5. The summed E-state index contributed by atoms with van der Waals surface area (Å²) >= 11 is 0. The van der Waals surface area contributed by atoms with Gasteiger partial charge in [0.1, 0.15) is 0 Å². The Bertz CT molecular complexity index is 395. The lowest BCUT2D eigenvalue weighted by Gasteiger charge is -2.23. The second-order valence-electron chi connectivity index (χ2n) is 4.68.